The van der Waals surface area contributed by atoms with Crippen molar-refractivity contribution in [3.8, 4) is 11.3 Å². The maximum atomic E-state index is 2.35. The molecule has 0 N–H and O–H groups in total. The molecule has 0 aliphatic rings. The van der Waals surface area contributed by atoms with Gasteiger partial charge in [-0.1, -0.05) is 54.1 Å². The van der Waals surface area contributed by atoms with Gasteiger partial charge in [-0.3, -0.25) is 0 Å². The summed E-state index contributed by atoms with van der Waals surface area (Å²) in [4.78, 5) is 0. The fourth-order valence-electron chi connectivity index (χ4n) is 4.45. The average Bonchev–Trinajstić information content (AvgIpc) is 2.93. The normalized spacial score (nSPS) is 11.7. The number of nitrogens with zero attached hydrogens (tertiary/aromatic N) is 2. The van der Waals surface area contributed by atoms with Crippen LogP contribution in [0.4, 0.5) is 0 Å². The molecule has 0 amide bonds. The van der Waals surface area contributed by atoms with Crippen LogP contribution in [0.25, 0.3) is 43.8 Å². The topological polar surface area (TPSA) is 8.81 Å². The molecule has 2 heteroatoms. The lowest BCUT2D eigenvalue weighted by atomic mass is 10.0. The van der Waals surface area contributed by atoms with E-state index in [9.17, 15) is 0 Å². The van der Waals surface area contributed by atoms with E-state index in [1.807, 2.05) is 0 Å². The molecule has 2 heterocycles. The highest BCUT2D eigenvalue weighted by atomic mass is 15.0. The second-order valence-electron chi connectivity index (χ2n) is 7.63. The van der Waals surface area contributed by atoms with Crippen LogP contribution in [0.2, 0.25) is 0 Å². The summed E-state index contributed by atoms with van der Waals surface area (Å²) in [6.07, 6.45) is 2.28. The highest BCUT2D eigenvalue weighted by molar-refractivity contribution is 6.17. The lowest BCUT2D eigenvalue weighted by Crippen LogP contribution is -2.30. The number of rotatable bonds is 1. The number of hydrogen-bond acceptors (Lipinski definition) is 0. The van der Waals surface area contributed by atoms with Gasteiger partial charge >= 0.3 is 0 Å². The molecule has 0 radical (unpaired) electrons. The summed E-state index contributed by atoms with van der Waals surface area (Å²) in [5, 5.41) is 5.21. The van der Waals surface area contributed by atoms with Gasteiger partial charge in [-0.25, -0.2) is 4.57 Å². The Kier molecular flexibility index (Phi) is 3.38. The Morgan fingerprint density at radius 2 is 1.63 bits per heavy atom. The quantitative estimate of drug-likeness (QED) is 0.348. The van der Waals surface area contributed by atoms with Crippen LogP contribution in [-0.4, -0.2) is 4.57 Å². The third kappa shape index (κ3) is 2.30. The number of benzene rings is 3. The first kappa shape index (κ1) is 16.1. The van der Waals surface area contributed by atoms with Crippen molar-refractivity contribution in [1.82, 2.24) is 4.57 Å². The van der Waals surface area contributed by atoms with Gasteiger partial charge in [0.15, 0.2) is 6.20 Å². The van der Waals surface area contributed by atoms with Crippen LogP contribution < -0.4 is 4.57 Å². The largest absolute Gasteiger partial charge is 0.343 e. The third-order valence-corrected chi connectivity index (χ3v) is 5.80. The van der Waals surface area contributed by atoms with Crippen LogP contribution in [0, 0.1) is 13.8 Å². The fraction of sp³-hybridized carbons (Fsp3) is 0.160. The zero-order valence-corrected chi connectivity index (χ0v) is 16.2. The molecule has 27 heavy (non-hydrogen) atoms. The van der Waals surface area contributed by atoms with E-state index in [1.54, 1.807) is 0 Å². The Balaban J connectivity index is 1.89. The van der Waals surface area contributed by atoms with Crippen molar-refractivity contribution in [3.05, 3.63) is 78.0 Å². The fourth-order valence-corrected chi connectivity index (χ4v) is 4.45. The predicted molar refractivity (Wildman–Crippen MR) is 114 cm³/mol. The van der Waals surface area contributed by atoms with E-state index in [0.717, 1.165) is 0 Å². The van der Waals surface area contributed by atoms with E-state index in [1.165, 1.54) is 55.0 Å². The van der Waals surface area contributed by atoms with Crippen molar-refractivity contribution in [3.63, 3.8) is 0 Å². The van der Waals surface area contributed by atoms with Crippen molar-refractivity contribution in [2.24, 2.45) is 14.1 Å². The summed E-state index contributed by atoms with van der Waals surface area (Å²) in [6.45, 7) is 4.34. The molecule has 5 rings (SSSR count). The number of pyridine rings is 1. The molecule has 2 nitrogen and oxygen atoms in total. The third-order valence-electron chi connectivity index (χ3n) is 5.80. The summed E-state index contributed by atoms with van der Waals surface area (Å²) in [6, 6.07) is 22.2. The van der Waals surface area contributed by atoms with Gasteiger partial charge in [-0.15, -0.1) is 0 Å². The molecule has 0 saturated heterocycles. The minimum Gasteiger partial charge on any atom is -0.343 e. The van der Waals surface area contributed by atoms with Gasteiger partial charge < -0.3 is 4.57 Å². The maximum absolute atomic E-state index is 2.35. The zero-order chi connectivity index (χ0) is 18.7. The van der Waals surface area contributed by atoms with Crippen molar-refractivity contribution < 1.29 is 4.57 Å². The van der Waals surface area contributed by atoms with Crippen LogP contribution in [0.5, 0.6) is 0 Å². The van der Waals surface area contributed by atoms with Gasteiger partial charge in [-0.2, -0.15) is 0 Å². The van der Waals surface area contributed by atoms with Crippen LogP contribution in [0.1, 0.15) is 11.1 Å². The molecule has 0 saturated carbocycles. The molecular formula is C25H23N2+. The highest BCUT2D eigenvalue weighted by Crippen LogP contribution is 2.34. The minimum atomic E-state index is 1.25. The Morgan fingerprint density at radius 1 is 0.815 bits per heavy atom. The van der Waals surface area contributed by atoms with Crippen LogP contribution in [-0.2, 0) is 14.1 Å². The molecule has 0 unspecified atom stereocenters. The summed E-state index contributed by atoms with van der Waals surface area (Å²) >= 11 is 0. The monoisotopic (exact) mass is 351 g/mol. The zero-order valence-electron chi connectivity index (χ0n) is 16.2. The Morgan fingerprint density at radius 3 is 2.44 bits per heavy atom. The molecule has 0 aliphatic heterocycles. The molecular weight excluding hydrogens is 328 g/mol. The number of hydrogen-bond donors (Lipinski definition) is 0. The van der Waals surface area contributed by atoms with Gasteiger partial charge in [0, 0.05) is 29.4 Å². The van der Waals surface area contributed by atoms with Crippen molar-refractivity contribution in [2.75, 3.05) is 0 Å². The first-order valence-electron chi connectivity index (χ1n) is 9.42. The second kappa shape index (κ2) is 5.68. The first-order valence-corrected chi connectivity index (χ1v) is 9.42. The number of fused-ring (bicyclic) bond motifs is 5. The summed E-state index contributed by atoms with van der Waals surface area (Å²) < 4.78 is 4.61. The summed E-state index contributed by atoms with van der Waals surface area (Å²) in [5.41, 5.74) is 7.73. The predicted octanol–water partition coefficient (Wildman–Crippen LogP) is 5.59. The average molecular weight is 351 g/mol. The maximum Gasteiger partial charge on any atom is 0.214 e. The minimum absolute atomic E-state index is 1.25. The van der Waals surface area contributed by atoms with Crippen LogP contribution in [0.3, 0.4) is 0 Å². The number of aryl methyl sites for hydroxylation is 4. The van der Waals surface area contributed by atoms with Gasteiger partial charge in [0.25, 0.3) is 0 Å². The summed E-state index contributed by atoms with van der Waals surface area (Å²) in [5.74, 6) is 0. The Hall–Kier alpha value is -3.13. The molecule has 2 aromatic heterocycles. The van der Waals surface area contributed by atoms with Crippen LogP contribution >= 0.6 is 0 Å². The Labute approximate surface area is 159 Å². The lowest BCUT2D eigenvalue weighted by Gasteiger charge is -2.07. The molecule has 132 valence electrons. The lowest BCUT2D eigenvalue weighted by molar-refractivity contribution is -0.659. The molecule has 0 bridgehead atoms. The SMILES string of the molecule is Cc1ccc(-c2cc3c(c[n+]2C)c2ccc4ccccc4c2n3C)c(C)c1. The van der Waals surface area contributed by atoms with Crippen LogP contribution in [0.15, 0.2) is 66.9 Å². The molecule has 0 aliphatic carbocycles. The second-order valence-corrected chi connectivity index (χ2v) is 7.63. The summed E-state index contributed by atoms with van der Waals surface area (Å²) in [7, 11) is 4.33. The van der Waals surface area contributed by atoms with Gasteiger partial charge in [-0.05, 0) is 30.9 Å². The van der Waals surface area contributed by atoms with Gasteiger partial charge in [0.1, 0.15) is 7.05 Å². The van der Waals surface area contributed by atoms with E-state index in [2.05, 4.69) is 104 Å². The standard InChI is InChI=1S/C25H23N2/c1-16-9-11-19(17(2)13-16)23-14-24-22(15-26(23)3)21-12-10-18-7-5-6-8-20(18)25(21)27(24)4/h5-15H,1-4H3/q+1. The van der Waals surface area contributed by atoms with Crippen molar-refractivity contribution >= 4 is 32.6 Å². The first-order chi connectivity index (χ1) is 13.0. The molecule has 0 spiro atoms. The van der Waals surface area contributed by atoms with Crippen molar-refractivity contribution in [2.45, 2.75) is 13.8 Å². The van der Waals surface area contributed by atoms with E-state index >= 15 is 0 Å². The van der Waals surface area contributed by atoms with Gasteiger partial charge in [0.2, 0.25) is 5.69 Å². The Bertz CT molecular complexity index is 1360. The van der Waals surface area contributed by atoms with E-state index < -0.39 is 0 Å². The molecule has 5 aromatic rings. The highest BCUT2D eigenvalue weighted by Gasteiger charge is 2.19. The van der Waals surface area contributed by atoms with E-state index in [0.29, 0.717) is 0 Å². The molecule has 3 aromatic carbocycles. The number of aromatic nitrogens is 2. The smallest absolute Gasteiger partial charge is 0.214 e. The molecule has 0 fully saturated rings. The van der Waals surface area contributed by atoms with E-state index in [4.69, 9.17) is 0 Å². The van der Waals surface area contributed by atoms with E-state index in [-0.39, 0.29) is 0 Å². The van der Waals surface area contributed by atoms with Gasteiger partial charge in [0.05, 0.1) is 16.4 Å². The van der Waals surface area contributed by atoms with Crippen molar-refractivity contribution in [1.29, 1.82) is 0 Å². The molecule has 0 atom stereocenters.